The topological polar surface area (TPSA) is 72.0 Å². The molecule has 0 fully saturated rings. The Balaban J connectivity index is 2.43. The van der Waals surface area contributed by atoms with Gasteiger partial charge in [0.25, 0.3) is 0 Å². The monoisotopic (exact) mass is 277 g/mol. The minimum Gasteiger partial charge on any atom is -0.323 e. The molecule has 0 aliphatic heterocycles. The smallest absolute Gasteiger partial charge is 0.227 e. The van der Waals surface area contributed by atoms with Crippen molar-refractivity contribution >= 4 is 21.5 Å². The average molecular weight is 277 g/mol. The summed E-state index contributed by atoms with van der Waals surface area (Å²) in [4.78, 5) is 8.31. The first-order valence-electron chi connectivity index (χ1n) is 5.89. The van der Waals surface area contributed by atoms with Crippen LogP contribution in [0.3, 0.4) is 0 Å². The van der Waals surface area contributed by atoms with E-state index in [0.717, 1.165) is 0 Å². The number of sulfone groups is 1. The van der Waals surface area contributed by atoms with E-state index in [1.54, 1.807) is 56.6 Å². The Morgan fingerprint density at radius 1 is 1.05 bits per heavy atom. The van der Waals surface area contributed by atoms with Gasteiger partial charge in [0, 0.05) is 12.4 Å². The molecule has 0 unspecified atom stereocenters. The molecule has 2 rings (SSSR count). The molecule has 0 bridgehead atoms. The first kappa shape index (κ1) is 13.5. The summed E-state index contributed by atoms with van der Waals surface area (Å²) in [5, 5.41) is 2.45. The van der Waals surface area contributed by atoms with Crippen molar-refractivity contribution in [3.05, 3.63) is 42.7 Å². The van der Waals surface area contributed by atoms with E-state index in [-0.39, 0.29) is 4.90 Å². The van der Waals surface area contributed by atoms with Gasteiger partial charge in [-0.1, -0.05) is 12.1 Å². The third-order valence-electron chi connectivity index (χ3n) is 2.63. The maximum Gasteiger partial charge on any atom is 0.227 e. The van der Waals surface area contributed by atoms with Crippen LogP contribution in [0.2, 0.25) is 0 Å². The quantitative estimate of drug-likeness (QED) is 0.929. The average Bonchev–Trinajstić information content (AvgIpc) is 2.40. The maximum absolute atomic E-state index is 12.3. The molecule has 5 nitrogen and oxygen atoms in total. The SMILES string of the molecule is CC(C)S(=O)(=O)c1ccccc1Nc1ncccn1. The summed E-state index contributed by atoms with van der Waals surface area (Å²) >= 11 is 0. The Morgan fingerprint density at radius 2 is 1.68 bits per heavy atom. The van der Waals surface area contributed by atoms with E-state index >= 15 is 0 Å². The second-order valence-corrected chi connectivity index (χ2v) is 6.76. The highest BCUT2D eigenvalue weighted by Crippen LogP contribution is 2.26. The number of hydrogen-bond acceptors (Lipinski definition) is 5. The molecule has 0 saturated carbocycles. The molecule has 1 aromatic carbocycles. The number of rotatable bonds is 4. The van der Waals surface area contributed by atoms with Gasteiger partial charge in [-0.2, -0.15) is 0 Å². The minimum atomic E-state index is -3.35. The molecule has 100 valence electrons. The molecule has 0 amide bonds. The van der Waals surface area contributed by atoms with Crippen LogP contribution in [0.1, 0.15) is 13.8 Å². The molecule has 19 heavy (non-hydrogen) atoms. The van der Waals surface area contributed by atoms with Crippen LogP contribution in [0.25, 0.3) is 0 Å². The molecular weight excluding hydrogens is 262 g/mol. The van der Waals surface area contributed by atoms with Crippen LogP contribution in [0, 0.1) is 0 Å². The van der Waals surface area contributed by atoms with Crippen molar-refractivity contribution in [1.29, 1.82) is 0 Å². The third-order valence-corrected chi connectivity index (χ3v) is 4.84. The van der Waals surface area contributed by atoms with E-state index in [2.05, 4.69) is 15.3 Å². The fourth-order valence-corrected chi connectivity index (χ4v) is 2.76. The normalized spacial score (nSPS) is 11.5. The zero-order valence-corrected chi connectivity index (χ0v) is 11.6. The Labute approximate surface area is 112 Å². The number of nitrogens with zero attached hydrogens (tertiary/aromatic N) is 2. The van der Waals surface area contributed by atoms with Crippen molar-refractivity contribution in [2.75, 3.05) is 5.32 Å². The van der Waals surface area contributed by atoms with Gasteiger partial charge in [-0.15, -0.1) is 0 Å². The van der Waals surface area contributed by atoms with Crippen LogP contribution >= 0.6 is 0 Å². The fourth-order valence-electron chi connectivity index (χ4n) is 1.56. The zero-order valence-electron chi connectivity index (χ0n) is 10.7. The number of aromatic nitrogens is 2. The predicted octanol–water partition coefficient (Wildman–Crippen LogP) is 2.40. The van der Waals surface area contributed by atoms with E-state index in [4.69, 9.17) is 0 Å². The Kier molecular flexibility index (Phi) is 3.80. The summed E-state index contributed by atoms with van der Waals surface area (Å²) in [6.07, 6.45) is 3.18. The van der Waals surface area contributed by atoms with Gasteiger partial charge in [-0.25, -0.2) is 18.4 Å². The van der Waals surface area contributed by atoms with Crippen molar-refractivity contribution in [2.45, 2.75) is 24.0 Å². The highest BCUT2D eigenvalue weighted by atomic mass is 32.2. The van der Waals surface area contributed by atoms with Gasteiger partial charge >= 0.3 is 0 Å². The van der Waals surface area contributed by atoms with E-state index in [1.165, 1.54) is 0 Å². The Bertz CT molecular complexity index is 655. The van der Waals surface area contributed by atoms with Crippen molar-refractivity contribution in [2.24, 2.45) is 0 Å². The molecule has 1 N–H and O–H groups in total. The lowest BCUT2D eigenvalue weighted by molar-refractivity contribution is 0.588. The molecular formula is C13H15N3O2S. The number of hydrogen-bond donors (Lipinski definition) is 1. The second-order valence-electron chi connectivity index (χ2n) is 4.29. The van der Waals surface area contributed by atoms with Crippen LogP contribution in [-0.2, 0) is 9.84 Å². The molecule has 0 atom stereocenters. The van der Waals surface area contributed by atoms with Gasteiger partial charge in [0.15, 0.2) is 9.84 Å². The van der Waals surface area contributed by atoms with Crippen LogP contribution < -0.4 is 5.32 Å². The van der Waals surface area contributed by atoms with Crippen molar-refractivity contribution < 1.29 is 8.42 Å². The van der Waals surface area contributed by atoms with Crippen molar-refractivity contribution in [1.82, 2.24) is 9.97 Å². The Morgan fingerprint density at radius 3 is 2.32 bits per heavy atom. The van der Waals surface area contributed by atoms with Gasteiger partial charge in [0.2, 0.25) is 5.95 Å². The summed E-state index contributed by atoms with van der Waals surface area (Å²) in [5.41, 5.74) is 0.488. The summed E-state index contributed by atoms with van der Waals surface area (Å²) in [7, 11) is -3.35. The first-order valence-corrected chi connectivity index (χ1v) is 7.43. The van der Waals surface area contributed by atoms with Crippen LogP contribution in [-0.4, -0.2) is 23.6 Å². The standard InChI is InChI=1S/C13H15N3O2S/c1-10(2)19(17,18)12-7-4-3-6-11(12)16-13-14-8-5-9-15-13/h3-10H,1-2H3,(H,14,15,16). The summed E-state index contributed by atoms with van der Waals surface area (Å²) in [6.45, 7) is 3.32. The Hall–Kier alpha value is -1.95. The number of nitrogens with one attached hydrogen (secondary N) is 1. The van der Waals surface area contributed by atoms with Gasteiger partial charge < -0.3 is 5.32 Å². The van der Waals surface area contributed by atoms with E-state index in [9.17, 15) is 8.42 Å². The highest BCUT2D eigenvalue weighted by Gasteiger charge is 2.22. The van der Waals surface area contributed by atoms with Gasteiger partial charge in [0.1, 0.15) is 0 Å². The minimum absolute atomic E-state index is 0.262. The van der Waals surface area contributed by atoms with Crippen LogP contribution in [0.5, 0.6) is 0 Å². The first-order chi connectivity index (χ1) is 9.01. The molecule has 6 heteroatoms. The van der Waals surface area contributed by atoms with E-state index < -0.39 is 15.1 Å². The largest absolute Gasteiger partial charge is 0.323 e. The summed E-state index contributed by atoms with van der Waals surface area (Å²) in [6, 6.07) is 8.45. The van der Waals surface area contributed by atoms with E-state index in [0.29, 0.717) is 11.6 Å². The number of para-hydroxylation sites is 1. The summed E-state index contributed by atoms with van der Waals surface area (Å²) in [5.74, 6) is 0.369. The molecule has 2 aromatic rings. The highest BCUT2D eigenvalue weighted by molar-refractivity contribution is 7.92. The van der Waals surface area contributed by atoms with Crippen molar-refractivity contribution in [3.8, 4) is 0 Å². The molecule has 0 spiro atoms. The molecule has 0 radical (unpaired) electrons. The number of anilines is 2. The lowest BCUT2D eigenvalue weighted by Crippen LogP contribution is -2.15. The third kappa shape index (κ3) is 2.90. The summed E-state index contributed by atoms with van der Waals surface area (Å²) < 4.78 is 24.5. The lowest BCUT2D eigenvalue weighted by Gasteiger charge is -2.13. The maximum atomic E-state index is 12.3. The second kappa shape index (κ2) is 5.36. The van der Waals surface area contributed by atoms with Crippen LogP contribution in [0.4, 0.5) is 11.6 Å². The molecule has 0 saturated heterocycles. The number of benzene rings is 1. The van der Waals surface area contributed by atoms with Crippen molar-refractivity contribution in [3.63, 3.8) is 0 Å². The van der Waals surface area contributed by atoms with Gasteiger partial charge in [-0.05, 0) is 32.0 Å². The van der Waals surface area contributed by atoms with Gasteiger partial charge in [-0.3, -0.25) is 0 Å². The fraction of sp³-hybridized carbons (Fsp3) is 0.231. The molecule has 1 aromatic heterocycles. The van der Waals surface area contributed by atoms with Crippen LogP contribution in [0.15, 0.2) is 47.6 Å². The molecule has 0 aliphatic carbocycles. The molecule has 0 aliphatic rings. The zero-order chi connectivity index (χ0) is 13.9. The lowest BCUT2D eigenvalue weighted by atomic mass is 10.3. The van der Waals surface area contributed by atoms with E-state index in [1.807, 2.05) is 0 Å². The van der Waals surface area contributed by atoms with Gasteiger partial charge in [0.05, 0.1) is 15.8 Å². The predicted molar refractivity (Wildman–Crippen MR) is 74.1 cm³/mol. The molecule has 1 heterocycles.